The largest absolute Gasteiger partial charge is 0.451 e. The normalized spacial score (nSPS) is 18.1. The molecule has 156 valence electrons. The second kappa shape index (κ2) is 8.87. The number of Topliss-reactive ketones (excluding diaryl/α,β-unsaturated/α-hetero) is 1. The van der Waals surface area contributed by atoms with Crippen molar-refractivity contribution in [1.29, 1.82) is 0 Å². The van der Waals surface area contributed by atoms with Gasteiger partial charge in [-0.15, -0.1) is 0 Å². The molecule has 1 aromatic heterocycles. The molecule has 2 rings (SSSR count). The lowest BCUT2D eigenvalue weighted by Crippen LogP contribution is -2.45. The van der Waals surface area contributed by atoms with Crippen molar-refractivity contribution in [3.05, 3.63) is 22.5 Å². The number of aryl methyl sites for hydroxylation is 1. The number of nitrogens with one attached hydrogen (secondary N) is 1. The summed E-state index contributed by atoms with van der Waals surface area (Å²) in [4.78, 5) is 40.9. The van der Waals surface area contributed by atoms with Crippen LogP contribution in [0.3, 0.4) is 0 Å². The zero-order chi connectivity index (χ0) is 21.1. The van der Waals surface area contributed by atoms with Crippen molar-refractivity contribution in [2.45, 2.75) is 33.2 Å². The number of hydrogen-bond donors (Lipinski definition) is 1. The van der Waals surface area contributed by atoms with E-state index in [1.54, 1.807) is 13.8 Å². The van der Waals surface area contributed by atoms with Gasteiger partial charge in [0.25, 0.3) is 5.91 Å². The third-order valence-corrected chi connectivity index (χ3v) is 6.58. The van der Waals surface area contributed by atoms with E-state index in [1.165, 1.54) is 18.9 Å². The molecule has 0 radical (unpaired) electrons. The number of amides is 1. The Kier molecular flexibility index (Phi) is 7.00. The van der Waals surface area contributed by atoms with Gasteiger partial charge < -0.3 is 19.4 Å². The Morgan fingerprint density at radius 2 is 1.93 bits per heavy atom. The highest BCUT2D eigenvalue weighted by atomic mass is 32.2. The topological polar surface area (TPSA) is 123 Å². The summed E-state index contributed by atoms with van der Waals surface area (Å²) < 4.78 is 33.6. The number of aromatic amines is 1. The summed E-state index contributed by atoms with van der Waals surface area (Å²) in [5.74, 6) is -1.47. The van der Waals surface area contributed by atoms with Crippen LogP contribution in [0, 0.1) is 13.8 Å². The van der Waals surface area contributed by atoms with Gasteiger partial charge in [-0.2, -0.15) is 0 Å². The van der Waals surface area contributed by atoms with Gasteiger partial charge in [0, 0.05) is 31.0 Å². The van der Waals surface area contributed by atoms with Crippen molar-refractivity contribution in [2.75, 3.05) is 38.4 Å². The zero-order valence-corrected chi connectivity index (χ0v) is 17.3. The number of methoxy groups -OCH3 is 1. The number of carbonyl (C=O) groups excluding carboxylic acids is 3. The van der Waals surface area contributed by atoms with Gasteiger partial charge >= 0.3 is 5.97 Å². The summed E-state index contributed by atoms with van der Waals surface area (Å²) in [6.07, 6.45) is 0.350. The van der Waals surface area contributed by atoms with E-state index >= 15 is 0 Å². The number of esters is 1. The number of carbonyl (C=O) groups is 3. The number of nitrogens with zero attached hydrogens (tertiary/aromatic N) is 1. The molecular weight excluding hydrogens is 388 g/mol. The van der Waals surface area contributed by atoms with Crippen LogP contribution in [-0.4, -0.2) is 80.4 Å². The van der Waals surface area contributed by atoms with Crippen LogP contribution < -0.4 is 0 Å². The van der Waals surface area contributed by atoms with E-state index in [0.717, 1.165) is 0 Å². The van der Waals surface area contributed by atoms with E-state index in [1.807, 2.05) is 0 Å². The standard InChI is InChI=1S/C18H26N2O7S/c1-11-16(13(3)21)12(2)19-17(11)18(23)27-9-15(22)20(6-7-26-4)14-5-8-28(24,25)10-14/h14,19H,5-10H2,1-4H3/t14-/m1/s1. The molecular formula is C18H26N2O7S. The van der Waals surface area contributed by atoms with Crippen LogP contribution in [0.4, 0.5) is 0 Å². The maximum atomic E-state index is 12.6. The van der Waals surface area contributed by atoms with E-state index in [4.69, 9.17) is 9.47 Å². The van der Waals surface area contributed by atoms with Crippen molar-refractivity contribution in [1.82, 2.24) is 9.88 Å². The fraction of sp³-hybridized carbons (Fsp3) is 0.611. The van der Waals surface area contributed by atoms with Crippen molar-refractivity contribution in [3.63, 3.8) is 0 Å². The molecule has 1 fully saturated rings. The van der Waals surface area contributed by atoms with Gasteiger partial charge in [-0.1, -0.05) is 0 Å². The first-order valence-corrected chi connectivity index (χ1v) is 10.8. The molecule has 10 heteroatoms. The number of ketones is 1. The smallest absolute Gasteiger partial charge is 0.355 e. The van der Waals surface area contributed by atoms with Crippen LogP contribution in [0.5, 0.6) is 0 Å². The van der Waals surface area contributed by atoms with Crippen molar-refractivity contribution < 1.29 is 32.3 Å². The highest BCUT2D eigenvalue weighted by Gasteiger charge is 2.35. The average molecular weight is 414 g/mol. The van der Waals surface area contributed by atoms with Gasteiger partial charge in [-0.25, -0.2) is 13.2 Å². The van der Waals surface area contributed by atoms with Crippen molar-refractivity contribution in [3.8, 4) is 0 Å². The van der Waals surface area contributed by atoms with E-state index in [0.29, 0.717) is 23.2 Å². The minimum Gasteiger partial charge on any atom is -0.451 e. The third kappa shape index (κ3) is 4.99. The van der Waals surface area contributed by atoms with E-state index in [9.17, 15) is 22.8 Å². The Bertz CT molecular complexity index is 873. The molecule has 1 aliphatic heterocycles. The highest BCUT2D eigenvalue weighted by molar-refractivity contribution is 7.91. The summed E-state index contributed by atoms with van der Waals surface area (Å²) in [5, 5.41) is 0. The van der Waals surface area contributed by atoms with Crippen LogP contribution in [0.2, 0.25) is 0 Å². The van der Waals surface area contributed by atoms with E-state index in [2.05, 4.69) is 4.98 Å². The maximum absolute atomic E-state index is 12.6. The van der Waals surface area contributed by atoms with Crippen molar-refractivity contribution in [2.24, 2.45) is 0 Å². The fourth-order valence-corrected chi connectivity index (χ4v) is 5.22. The number of sulfone groups is 1. The number of rotatable bonds is 8. The lowest BCUT2D eigenvalue weighted by atomic mass is 10.1. The highest BCUT2D eigenvalue weighted by Crippen LogP contribution is 2.20. The Morgan fingerprint density at radius 3 is 2.43 bits per heavy atom. The van der Waals surface area contributed by atoms with Crippen LogP contribution >= 0.6 is 0 Å². The van der Waals surface area contributed by atoms with Crippen LogP contribution in [0.1, 0.15) is 45.4 Å². The monoisotopic (exact) mass is 414 g/mol. The molecule has 0 aliphatic carbocycles. The second-order valence-electron chi connectivity index (χ2n) is 6.89. The zero-order valence-electron chi connectivity index (χ0n) is 16.5. The molecule has 0 unspecified atom stereocenters. The lowest BCUT2D eigenvalue weighted by molar-refractivity contribution is -0.137. The first kappa shape index (κ1) is 22.1. The molecule has 0 bridgehead atoms. The molecule has 2 heterocycles. The first-order chi connectivity index (χ1) is 13.1. The Balaban J connectivity index is 2.06. The first-order valence-electron chi connectivity index (χ1n) is 8.93. The minimum absolute atomic E-state index is 0.0307. The maximum Gasteiger partial charge on any atom is 0.355 e. The summed E-state index contributed by atoms with van der Waals surface area (Å²) in [5.41, 5.74) is 1.58. The molecule has 1 atom stereocenters. The average Bonchev–Trinajstić information content (AvgIpc) is 3.11. The number of aromatic nitrogens is 1. The quantitative estimate of drug-likeness (QED) is 0.489. The molecule has 1 saturated heterocycles. The molecule has 0 saturated carbocycles. The molecule has 0 aromatic carbocycles. The third-order valence-electron chi connectivity index (χ3n) is 4.83. The summed E-state index contributed by atoms with van der Waals surface area (Å²) >= 11 is 0. The molecule has 9 nitrogen and oxygen atoms in total. The molecule has 28 heavy (non-hydrogen) atoms. The van der Waals surface area contributed by atoms with Gasteiger partial charge in [-0.05, 0) is 32.8 Å². The molecule has 1 amide bonds. The van der Waals surface area contributed by atoms with Crippen LogP contribution in [-0.2, 0) is 24.1 Å². The van der Waals surface area contributed by atoms with E-state index < -0.39 is 34.4 Å². The Labute approximate surface area is 164 Å². The molecule has 1 aromatic rings. The number of hydrogen-bond acceptors (Lipinski definition) is 7. The molecule has 1 aliphatic rings. The molecule has 1 N–H and O–H groups in total. The summed E-state index contributed by atoms with van der Waals surface area (Å²) in [6.45, 7) is 4.65. The van der Waals surface area contributed by atoms with Gasteiger partial charge in [0.05, 0.1) is 18.1 Å². The van der Waals surface area contributed by atoms with Gasteiger partial charge in [0.2, 0.25) is 0 Å². The predicted octanol–water partition coefficient (Wildman–Crippen LogP) is 0.653. The lowest BCUT2D eigenvalue weighted by Gasteiger charge is -2.27. The second-order valence-corrected chi connectivity index (χ2v) is 9.12. The Hall–Kier alpha value is -2.20. The van der Waals surface area contributed by atoms with Crippen LogP contribution in [0.15, 0.2) is 0 Å². The minimum atomic E-state index is -3.17. The van der Waals surface area contributed by atoms with E-state index in [-0.39, 0.29) is 36.1 Å². The number of ether oxygens (including phenoxy) is 2. The summed E-state index contributed by atoms with van der Waals surface area (Å²) in [7, 11) is -1.69. The van der Waals surface area contributed by atoms with Gasteiger partial charge in [-0.3, -0.25) is 9.59 Å². The van der Waals surface area contributed by atoms with Crippen molar-refractivity contribution >= 4 is 27.5 Å². The molecule has 0 spiro atoms. The predicted molar refractivity (Wildman–Crippen MR) is 101 cm³/mol. The van der Waals surface area contributed by atoms with Gasteiger partial charge in [0.15, 0.2) is 22.2 Å². The fourth-order valence-electron chi connectivity index (χ4n) is 3.49. The summed E-state index contributed by atoms with van der Waals surface area (Å²) in [6, 6.07) is -0.454. The number of H-pyrrole nitrogens is 1. The SMILES string of the molecule is COCCN(C(=O)COC(=O)c1[nH]c(C)c(C(C)=O)c1C)[C@@H]1CCS(=O)(=O)C1. The Morgan fingerprint density at radius 1 is 1.25 bits per heavy atom. The van der Waals surface area contributed by atoms with Crippen LogP contribution in [0.25, 0.3) is 0 Å². The van der Waals surface area contributed by atoms with Gasteiger partial charge in [0.1, 0.15) is 5.69 Å².